The Morgan fingerprint density at radius 3 is 2.52 bits per heavy atom. The Balaban J connectivity index is 2.15. The van der Waals surface area contributed by atoms with E-state index in [4.69, 9.17) is 5.11 Å². The fourth-order valence-corrected chi connectivity index (χ4v) is 3.06. The van der Waals surface area contributed by atoms with Gasteiger partial charge in [-0.2, -0.15) is 5.10 Å². The summed E-state index contributed by atoms with van der Waals surface area (Å²) in [5.41, 5.74) is 4.19. The van der Waals surface area contributed by atoms with Crippen LogP contribution < -0.4 is 0 Å². The largest absolute Gasteiger partial charge is 0.481 e. The van der Waals surface area contributed by atoms with E-state index in [1.807, 2.05) is 32.1 Å². The van der Waals surface area contributed by atoms with Crippen molar-refractivity contribution in [1.82, 2.24) is 14.7 Å². The van der Waals surface area contributed by atoms with Gasteiger partial charge >= 0.3 is 5.97 Å². The lowest BCUT2D eigenvalue weighted by atomic mass is 10.1. The second-order valence-corrected chi connectivity index (χ2v) is 6.66. The third-order valence-corrected chi connectivity index (χ3v) is 4.64. The monoisotopic (exact) mass is 369 g/mol. The highest BCUT2D eigenvalue weighted by atomic mass is 16.4. The summed E-state index contributed by atoms with van der Waals surface area (Å²) < 4.78 is 1.80. The van der Waals surface area contributed by atoms with Crippen LogP contribution in [0, 0.1) is 13.8 Å². The van der Waals surface area contributed by atoms with Crippen molar-refractivity contribution in [3.8, 4) is 5.69 Å². The molecule has 144 valence electrons. The second kappa shape index (κ2) is 9.16. The van der Waals surface area contributed by atoms with Gasteiger partial charge in [0, 0.05) is 31.3 Å². The highest BCUT2D eigenvalue weighted by molar-refractivity contribution is 5.94. The fraction of sp³-hybridized carbons (Fsp3) is 0.381. The van der Waals surface area contributed by atoms with Gasteiger partial charge in [0.15, 0.2) is 0 Å². The molecule has 1 N–H and O–H groups in total. The summed E-state index contributed by atoms with van der Waals surface area (Å²) in [6, 6.07) is 7.33. The number of aryl methyl sites for hydroxylation is 1. The van der Waals surface area contributed by atoms with Gasteiger partial charge in [0.2, 0.25) is 0 Å². The van der Waals surface area contributed by atoms with Crippen LogP contribution in [0.25, 0.3) is 5.69 Å². The van der Waals surface area contributed by atoms with Crippen LogP contribution in [0.15, 0.2) is 36.9 Å². The molecule has 2 rings (SSSR count). The molecule has 1 amide bonds. The molecule has 27 heavy (non-hydrogen) atoms. The SMILES string of the molecule is C=CCCCN(C)C(=O)c1ccc(-n2nc(C)c(CCC(=O)O)c2C)cc1. The highest BCUT2D eigenvalue weighted by Crippen LogP contribution is 2.20. The topological polar surface area (TPSA) is 75.4 Å². The molecule has 0 spiro atoms. The number of rotatable bonds is 9. The number of carboxylic acids is 1. The van der Waals surface area contributed by atoms with Crippen LogP contribution in [0.5, 0.6) is 0 Å². The number of aliphatic carboxylic acids is 1. The van der Waals surface area contributed by atoms with Crippen molar-refractivity contribution in [3.05, 3.63) is 59.4 Å². The number of nitrogens with zero attached hydrogens (tertiary/aromatic N) is 3. The van der Waals surface area contributed by atoms with Gasteiger partial charge in [0.05, 0.1) is 11.4 Å². The molecule has 2 aromatic rings. The molecule has 0 aliphatic carbocycles. The molecular weight excluding hydrogens is 342 g/mol. The van der Waals surface area contributed by atoms with E-state index in [9.17, 15) is 9.59 Å². The lowest BCUT2D eigenvalue weighted by molar-refractivity contribution is -0.136. The highest BCUT2D eigenvalue weighted by Gasteiger charge is 2.15. The van der Waals surface area contributed by atoms with E-state index in [1.165, 1.54) is 0 Å². The summed E-state index contributed by atoms with van der Waals surface area (Å²) in [6.45, 7) is 8.20. The first kappa shape index (κ1) is 20.4. The number of hydrogen-bond donors (Lipinski definition) is 1. The maximum Gasteiger partial charge on any atom is 0.303 e. The number of amides is 1. The first-order valence-corrected chi connectivity index (χ1v) is 9.08. The Kier molecular flexibility index (Phi) is 6.93. The summed E-state index contributed by atoms with van der Waals surface area (Å²) in [5.74, 6) is -0.831. The van der Waals surface area contributed by atoms with Crippen LogP contribution in [0.4, 0.5) is 0 Å². The number of carbonyl (C=O) groups is 2. The Hall–Kier alpha value is -2.89. The molecule has 0 atom stereocenters. The van der Waals surface area contributed by atoms with Crippen molar-refractivity contribution < 1.29 is 14.7 Å². The molecule has 0 aliphatic heterocycles. The van der Waals surface area contributed by atoms with Crippen molar-refractivity contribution in [2.45, 2.75) is 39.5 Å². The summed E-state index contributed by atoms with van der Waals surface area (Å²) >= 11 is 0. The summed E-state index contributed by atoms with van der Waals surface area (Å²) in [6.07, 6.45) is 4.18. The Labute approximate surface area is 160 Å². The Morgan fingerprint density at radius 1 is 1.26 bits per heavy atom. The van der Waals surface area contributed by atoms with Gasteiger partial charge in [0.25, 0.3) is 5.91 Å². The van der Waals surface area contributed by atoms with Crippen molar-refractivity contribution in [2.24, 2.45) is 0 Å². The van der Waals surface area contributed by atoms with Gasteiger partial charge in [-0.15, -0.1) is 6.58 Å². The first-order valence-electron chi connectivity index (χ1n) is 9.08. The van der Waals surface area contributed by atoms with Crippen LogP contribution >= 0.6 is 0 Å². The van der Waals surface area contributed by atoms with Crippen LogP contribution in [-0.2, 0) is 11.2 Å². The zero-order valence-corrected chi connectivity index (χ0v) is 16.2. The van der Waals surface area contributed by atoms with Gasteiger partial charge in [-0.25, -0.2) is 4.68 Å². The molecule has 0 saturated carbocycles. The molecule has 1 aromatic heterocycles. The minimum atomic E-state index is -0.818. The molecule has 0 saturated heterocycles. The zero-order valence-electron chi connectivity index (χ0n) is 16.2. The summed E-state index contributed by atoms with van der Waals surface area (Å²) in [7, 11) is 1.80. The van der Waals surface area contributed by atoms with E-state index >= 15 is 0 Å². The lowest BCUT2D eigenvalue weighted by Crippen LogP contribution is -2.27. The smallest absolute Gasteiger partial charge is 0.303 e. The molecule has 1 heterocycles. The molecule has 6 heteroatoms. The fourth-order valence-electron chi connectivity index (χ4n) is 3.06. The van der Waals surface area contributed by atoms with E-state index in [2.05, 4.69) is 11.7 Å². The van der Waals surface area contributed by atoms with Crippen molar-refractivity contribution in [3.63, 3.8) is 0 Å². The summed E-state index contributed by atoms with van der Waals surface area (Å²) in [5, 5.41) is 13.4. The molecule has 0 unspecified atom stereocenters. The predicted octanol–water partition coefficient (Wildman–Crippen LogP) is 3.54. The Bertz CT molecular complexity index is 822. The summed E-state index contributed by atoms with van der Waals surface area (Å²) in [4.78, 5) is 25.0. The number of carbonyl (C=O) groups excluding carboxylic acids is 1. The van der Waals surface area contributed by atoms with E-state index < -0.39 is 5.97 Å². The maximum absolute atomic E-state index is 12.5. The van der Waals surface area contributed by atoms with Crippen LogP contribution in [-0.4, -0.2) is 45.3 Å². The normalized spacial score (nSPS) is 10.6. The van der Waals surface area contributed by atoms with Crippen LogP contribution in [0.1, 0.15) is 46.6 Å². The number of allylic oxidation sites excluding steroid dienone is 1. The van der Waals surface area contributed by atoms with Crippen LogP contribution in [0.2, 0.25) is 0 Å². The average molecular weight is 369 g/mol. The van der Waals surface area contributed by atoms with E-state index in [1.54, 1.807) is 28.8 Å². The number of carboxylic acid groups (broad SMARTS) is 1. The lowest BCUT2D eigenvalue weighted by Gasteiger charge is -2.17. The minimum Gasteiger partial charge on any atom is -0.481 e. The first-order chi connectivity index (χ1) is 12.8. The van der Waals surface area contributed by atoms with E-state index in [-0.39, 0.29) is 12.3 Å². The van der Waals surface area contributed by atoms with E-state index in [0.717, 1.165) is 35.5 Å². The van der Waals surface area contributed by atoms with Crippen LogP contribution in [0.3, 0.4) is 0 Å². The second-order valence-electron chi connectivity index (χ2n) is 6.66. The molecule has 0 radical (unpaired) electrons. The van der Waals surface area contributed by atoms with E-state index in [0.29, 0.717) is 18.5 Å². The van der Waals surface area contributed by atoms with Crippen molar-refractivity contribution in [2.75, 3.05) is 13.6 Å². The average Bonchev–Trinajstić information content (AvgIpc) is 2.93. The van der Waals surface area contributed by atoms with Gasteiger partial charge < -0.3 is 10.0 Å². The zero-order chi connectivity index (χ0) is 20.0. The quantitative estimate of drug-likeness (QED) is 0.542. The molecular formula is C21H27N3O3. The number of aromatic nitrogens is 2. The number of hydrogen-bond acceptors (Lipinski definition) is 3. The minimum absolute atomic E-state index is 0.0128. The van der Waals surface area contributed by atoms with Crippen molar-refractivity contribution in [1.29, 1.82) is 0 Å². The number of benzene rings is 1. The van der Waals surface area contributed by atoms with Gasteiger partial charge in [-0.3, -0.25) is 9.59 Å². The molecule has 0 bridgehead atoms. The predicted molar refractivity (Wildman–Crippen MR) is 105 cm³/mol. The van der Waals surface area contributed by atoms with Gasteiger partial charge in [-0.05, 0) is 62.9 Å². The third kappa shape index (κ3) is 5.06. The van der Waals surface area contributed by atoms with Gasteiger partial charge in [0.1, 0.15) is 0 Å². The van der Waals surface area contributed by atoms with Crippen molar-refractivity contribution >= 4 is 11.9 Å². The molecule has 1 aromatic carbocycles. The molecule has 0 fully saturated rings. The number of unbranched alkanes of at least 4 members (excludes halogenated alkanes) is 1. The van der Waals surface area contributed by atoms with Gasteiger partial charge in [-0.1, -0.05) is 6.08 Å². The Morgan fingerprint density at radius 2 is 1.93 bits per heavy atom. The standard InChI is InChI=1S/C21H27N3O3/c1-5-6-7-14-23(4)21(27)17-8-10-18(11-9-17)24-16(3)19(15(2)22-24)12-13-20(25)26/h5,8-11H,1,6-7,12-14H2,2-4H3,(H,25,26). The maximum atomic E-state index is 12.5. The third-order valence-electron chi connectivity index (χ3n) is 4.64. The molecule has 6 nitrogen and oxygen atoms in total. The molecule has 0 aliphatic rings.